The summed E-state index contributed by atoms with van der Waals surface area (Å²) in [5, 5.41) is 4.30. The van der Waals surface area contributed by atoms with Crippen molar-refractivity contribution in [2.24, 2.45) is 0 Å². The van der Waals surface area contributed by atoms with E-state index in [1.165, 1.54) is 11.1 Å². The molecule has 0 unspecified atom stereocenters. The Labute approximate surface area is 147 Å². The Morgan fingerprint density at radius 1 is 0.680 bits per heavy atom. The predicted molar refractivity (Wildman–Crippen MR) is 101 cm³/mol. The van der Waals surface area contributed by atoms with Gasteiger partial charge in [0.05, 0.1) is 0 Å². The van der Waals surface area contributed by atoms with Gasteiger partial charge < -0.3 is 4.52 Å². The highest BCUT2D eigenvalue weighted by molar-refractivity contribution is 5.69. The molecule has 0 aliphatic heterocycles. The fraction of sp³-hybridized carbons (Fsp3) is 0.0870. The van der Waals surface area contributed by atoms with E-state index in [-0.39, 0.29) is 0 Å². The summed E-state index contributed by atoms with van der Waals surface area (Å²) in [5.41, 5.74) is 5.72. The summed E-state index contributed by atoms with van der Waals surface area (Å²) in [5.74, 6) is 0.800. The zero-order valence-corrected chi connectivity index (χ0v) is 13.9. The number of rotatable bonds is 5. The van der Waals surface area contributed by atoms with Crippen LogP contribution in [0.4, 0.5) is 0 Å². The maximum atomic E-state index is 5.57. The summed E-state index contributed by atoms with van der Waals surface area (Å²) < 4.78 is 5.57. The molecule has 0 atom stereocenters. The molecule has 1 aromatic heterocycles. The standard InChI is InChI=1S/C23H19NO/c1-3-9-18(10-4-1)15-16-19-11-7-8-14-21(19)22-17-23(25-24-22)20-12-5-2-6-13-20/h1-14,17H,15-16H2. The number of hydrogen-bond acceptors (Lipinski definition) is 2. The van der Waals surface area contributed by atoms with E-state index >= 15 is 0 Å². The first-order chi connectivity index (χ1) is 12.4. The Bertz CT molecular complexity index is 942. The molecule has 0 amide bonds. The lowest BCUT2D eigenvalue weighted by Gasteiger charge is -2.07. The first-order valence-corrected chi connectivity index (χ1v) is 8.54. The molecule has 0 spiro atoms. The van der Waals surface area contributed by atoms with Gasteiger partial charge in [-0.2, -0.15) is 0 Å². The molecule has 1 heterocycles. The van der Waals surface area contributed by atoms with Crippen molar-refractivity contribution in [2.45, 2.75) is 12.8 Å². The lowest BCUT2D eigenvalue weighted by molar-refractivity contribution is 0.435. The number of hydrogen-bond donors (Lipinski definition) is 0. The van der Waals surface area contributed by atoms with Crippen LogP contribution in [0.15, 0.2) is 95.5 Å². The Kier molecular flexibility index (Phi) is 4.42. The average molecular weight is 325 g/mol. The molecule has 2 heteroatoms. The molecule has 0 bridgehead atoms. The van der Waals surface area contributed by atoms with E-state index in [1.807, 2.05) is 36.4 Å². The van der Waals surface area contributed by atoms with Gasteiger partial charge in [0.15, 0.2) is 5.76 Å². The first kappa shape index (κ1) is 15.4. The molecule has 0 N–H and O–H groups in total. The zero-order valence-electron chi connectivity index (χ0n) is 13.9. The van der Waals surface area contributed by atoms with E-state index in [9.17, 15) is 0 Å². The molecule has 4 aromatic rings. The Balaban J connectivity index is 1.60. The minimum atomic E-state index is 0.800. The van der Waals surface area contributed by atoms with Gasteiger partial charge in [-0.15, -0.1) is 0 Å². The minimum Gasteiger partial charge on any atom is -0.356 e. The van der Waals surface area contributed by atoms with Crippen LogP contribution in [0, 0.1) is 0 Å². The van der Waals surface area contributed by atoms with Gasteiger partial charge in [0.25, 0.3) is 0 Å². The molecular weight excluding hydrogens is 306 g/mol. The molecule has 25 heavy (non-hydrogen) atoms. The lowest BCUT2D eigenvalue weighted by atomic mass is 9.98. The largest absolute Gasteiger partial charge is 0.356 e. The Morgan fingerprint density at radius 2 is 1.36 bits per heavy atom. The fourth-order valence-electron chi connectivity index (χ4n) is 3.05. The van der Waals surface area contributed by atoms with Gasteiger partial charge in [-0.3, -0.25) is 0 Å². The quantitative estimate of drug-likeness (QED) is 0.464. The second-order valence-electron chi connectivity index (χ2n) is 6.09. The molecular formula is C23H19NO. The summed E-state index contributed by atoms with van der Waals surface area (Å²) in [6, 6.07) is 31.1. The smallest absolute Gasteiger partial charge is 0.167 e. The first-order valence-electron chi connectivity index (χ1n) is 8.54. The number of benzene rings is 3. The van der Waals surface area contributed by atoms with Crippen molar-refractivity contribution in [3.05, 3.63) is 102 Å². The normalized spacial score (nSPS) is 10.7. The third-order valence-electron chi connectivity index (χ3n) is 4.39. The van der Waals surface area contributed by atoms with E-state index in [4.69, 9.17) is 4.52 Å². The minimum absolute atomic E-state index is 0.800. The van der Waals surface area contributed by atoms with Crippen molar-refractivity contribution in [2.75, 3.05) is 0 Å². The van der Waals surface area contributed by atoms with Crippen LogP contribution < -0.4 is 0 Å². The van der Waals surface area contributed by atoms with Crippen LogP contribution in [-0.4, -0.2) is 5.16 Å². The lowest BCUT2D eigenvalue weighted by Crippen LogP contribution is -1.94. The van der Waals surface area contributed by atoms with E-state index < -0.39 is 0 Å². The molecule has 0 fully saturated rings. The van der Waals surface area contributed by atoms with E-state index in [2.05, 4.69) is 59.8 Å². The fourth-order valence-corrected chi connectivity index (χ4v) is 3.05. The molecule has 0 saturated heterocycles. The van der Waals surface area contributed by atoms with Crippen molar-refractivity contribution in [1.29, 1.82) is 0 Å². The van der Waals surface area contributed by atoms with Gasteiger partial charge in [0.2, 0.25) is 0 Å². The van der Waals surface area contributed by atoms with Crippen molar-refractivity contribution in [3.63, 3.8) is 0 Å². The number of aromatic nitrogens is 1. The second kappa shape index (κ2) is 7.18. The molecule has 0 aliphatic carbocycles. The summed E-state index contributed by atoms with van der Waals surface area (Å²) >= 11 is 0. The third-order valence-corrected chi connectivity index (χ3v) is 4.39. The molecule has 3 aromatic carbocycles. The highest BCUT2D eigenvalue weighted by Crippen LogP contribution is 2.28. The van der Waals surface area contributed by atoms with Crippen molar-refractivity contribution >= 4 is 0 Å². The van der Waals surface area contributed by atoms with Crippen molar-refractivity contribution in [3.8, 4) is 22.6 Å². The highest BCUT2D eigenvalue weighted by Gasteiger charge is 2.11. The van der Waals surface area contributed by atoms with Crippen molar-refractivity contribution < 1.29 is 4.52 Å². The SMILES string of the molecule is c1ccc(CCc2ccccc2-c2cc(-c3ccccc3)on2)cc1. The van der Waals surface area contributed by atoms with Crippen LogP contribution in [0.1, 0.15) is 11.1 Å². The maximum Gasteiger partial charge on any atom is 0.167 e. The van der Waals surface area contributed by atoms with Gasteiger partial charge in [0, 0.05) is 17.2 Å². The van der Waals surface area contributed by atoms with Crippen LogP contribution in [-0.2, 0) is 12.8 Å². The summed E-state index contributed by atoms with van der Waals surface area (Å²) in [7, 11) is 0. The predicted octanol–water partition coefficient (Wildman–Crippen LogP) is 5.79. The van der Waals surface area contributed by atoms with E-state index in [0.717, 1.165) is 35.4 Å². The summed E-state index contributed by atoms with van der Waals surface area (Å²) in [6.07, 6.45) is 2.00. The zero-order chi connectivity index (χ0) is 16.9. The molecule has 0 radical (unpaired) electrons. The average Bonchev–Trinajstić information content (AvgIpc) is 3.18. The topological polar surface area (TPSA) is 26.0 Å². The molecule has 2 nitrogen and oxygen atoms in total. The maximum absolute atomic E-state index is 5.57. The Hall–Kier alpha value is -3.13. The number of nitrogens with zero attached hydrogens (tertiary/aromatic N) is 1. The Morgan fingerprint density at radius 3 is 2.16 bits per heavy atom. The molecule has 0 aliphatic rings. The molecule has 0 saturated carbocycles. The summed E-state index contributed by atoms with van der Waals surface area (Å²) in [6.45, 7) is 0. The molecule has 4 rings (SSSR count). The van der Waals surface area contributed by atoms with Gasteiger partial charge >= 0.3 is 0 Å². The van der Waals surface area contributed by atoms with Crippen molar-refractivity contribution in [1.82, 2.24) is 5.16 Å². The summed E-state index contributed by atoms with van der Waals surface area (Å²) in [4.78, 5) is 0. The monoisotopic (exact) mass is 325 g/mol. The van der Waals surface area contributed by atoms with Crippen LogP contribution in [0.5, 0.6) is 0 Å². The second-order valence-corrected chi connectivity index (χ2v) is 6.09. The van der Waals surface area contributed by atoms with Crippen LogP contribution in [0.3, 0.4) is 0 Å². The van der Waals surface area contributed by atoms with Crippen LogP contribution in [0.25, 0.3) is 22.6 Å². The molecule has 122 valence electrons. The van der Waals surface area contributed by atoms with Gasteiger partial charge in [-0.1, -0.05) is 90.1 Å². The van der Waals surface area contributed by atoms with Gasteiger partial charge in [0.1, 0.15) is 5.69 Å². The highest BCUT2D eigenvalue weighted by atomic mass is 16.5. The van der Waals surface area contributed by atoms with Gasteiger partial charge in [-0.25, -0.2) is 0 Å². The van der Waals surface area contributed by atoms with Gasteiger partial charge in [-0.05, 0) is 24.0 Å². The van der Waals surface area contributed by atoms with Crippen LogP contribution in [0.2, 0.25) is 0 Å². The third kappa shape index (κ3) is 3.53. The van der Waals surface area contributed by atoms with E-state index in [1.54, 1.807) is 0 Å². The van der Waals surface area contributed by atoms with E-state index in [0.29, 0.717) is 0 Å². The van der Waals surface area contributed by atoms with Crippen LogP contribution >= 0.6 is 0 Å². The number of aryl methyl sites for hydroxylation is 2.